The Morgan fingerprint density at radius 2 is 1.00 bits per heavy atom. The van der Waals surface area contributed by atoms with E-state index in [-0.39, 0.29) is 11.8 Å². The molecule has 0 fully saturated rings. The van der Waals surface area contributed by atoms with E-state index in [4.69, 9.17) is 0 Å². The normalized spacial score (nSPS) is 12.9. The minimum Gasteiger partial charge on any atom is -0.347 e. The van der Waals surface area contributed by atoms with Crippen LogP contribution in [-0.4, -0.2) is 35.4 Å². The smallest absolute Gasteiger partial charge is 0.283 e. The largest absolute Gasteiger partial charge is 0.347 e. The minimum absolute atomic E-state index is 0.122. The zero-order valence-electron chi connectivity index (χ0n) is 18.7. The van der Waals surface area contributed by atoms with Crippen LogP contribution >= 0.6 is 21.6 Å². The average molecular weight is 493 g/mol. The van der Waals surface area contributed by atoms with Crippen LogP contribution in [0.15, 0.2) is 84.9 Å². The Morgan fingerprint density at radius 3 is 1.41 bits per heavy atom. The van der Waals surface area contributed by atoms with Gasteiger partial charge in [0.1, 0.15) is 0 Å². The Balaban J connectivity index is 1.19. The molecule has 0 radical (unpaired) electrons. The molecule has 0 bridgehead atoms. The Labute approximate surface area is 206 Å². The van der Waals surface area contributed by atoms with Gasteiger partial charge in [-0.2, -0.15) is 0 Å². The predicted molar refractivity (Wildman–Crippen MR) is 143 cm³/mol. The number of anilines is 2. The highest BCUT2D eigenvalue weighted by atomic mass is 33.1. The molecule has 0 saturated carbocycles. The van der Waals surface area contributed by atoms with E-state index in [1.165, 1.54) is 21.6 Å². The van der Waals surface area contributed by atoms with Crippen LogP contribution < -0.4 is 22.1 Å². The number of quaternary nitrogens is 2. The van der Waals surface area contributed by atoms with E-state index in [9.17, 15) is 9.59 Å². The summed E-state index contributed by atoms with van der Waals surface area (Å²) in [6.45, 7) is 0. The van der Waals surface area contributed by atoms with Crippen LogP contribution in [-0.2, 0) is 9.59 Å². The highest BCUT2D eigenvalue weighted by molar-refractivity contribution is 8.76. The molecule has 2 amide bonds. The summed E-state index contributed by atoms with van der Waals surface area (Å²) >= 11 is 0. The quantitative estimate of drug-likeness (QED) is 0.212. The summed E-state index contributed by atoms with van der Waals surface area (Å²) < 4.78 is 0. The van der Waals surface area contributed by atoms with Crippen molar-refractivity contribution in [1.29, 1.82) is 0 Å². The lowest BCUT2D eigenvalue weighted by atomic mass is 10.1. The summed E-state index contributed by atoms with van der Waals surface area (Å²) in [5.74, 6) is 0.846. The fraction of sp³-hybridized carbons (Fsp3) is 0.154. The molecule has 4 aromatic carbocycles. The van der Waals surface area contributed by atoms with E-state index in [1.54, 1.807) is 0 Å². The van der Waals surface area contributed by atoms with Crippen molar-refractivity contribution in [2.45, 2.75) is 12.1 Å². The standard InChI is InChI=1S/C26H26N4O2S2/c27-23(25(31)29-21-11-9-17-5-1-3-7-19(17)13-21)15-33-34-16-24(28)26(32)30-22-12-10-18-6-2-4-8-20(18)14-22/h1-14,23-24H,15-16,27-28H2,(H,29,31)(H,30,32)/p+2/t23-,24+. The molecular formula is C26H28N4O2S2+2. The van der Waals surface area contributed by atoms with Gasteiger partial charge in [0.15, 0.2) is 12.1 Å². The molecule has 2 atom stereocenters. The molecule has 174 valence electrons. The lowest BCUT2D eigenvalue weighted by molar-refractivity contribution is -0.395. The van der Waals surface area contributed by atoms with Crippen LogP contribution in [0.1, 0.15) is 0 Å². The lowest BCUT2D eigenvalue weighted by Crippen LogP contribution is -2.68. The van der Waals surface area contributed by atoms with Crippen molar-refractivity contribution in [3.8, 4) is 0 Å². The average Bonchev–Trinajstić information content (AvgIpc) is 2.86. The molecule has 8 heteroatoms. The predicted octanol–water partition coefficient (Wildman–Crippen LogP) is 3.17. The molecule has 4 rings (SSSR count). The topological polar surface area (TPSA) is 113 Å². The first-order valence-electron chi connectivity index (χ1n) is 11.0. The molecule has 0 spiro atoms. The number of hydrogen-bond donors (Lipinski definition) is 4. The van der Waals surface area contributed by atoms with Gasteiger partial charge in [-0.05, 0) is 45.8 Å². The van der Waals surface area contributed by atoms with Gasteiger partial charge >= 0.3 is 0 Å². The zero-order valence-corrected chi connectivity index (χ0v) is 20.3. The summed E-state index contributed by atoms with van der Waals surface area (Å²) in [4.78, 5) is 25.0. The Morgan fingerprint density at radius 1 is 0.618 bits per heavy atom. The van der Waals surface area contributed by atoms with Gasteiger partial charge in [-0.3, -0.25) is 9.59 Å². The number of carbonyl (C=O) groups is 2. The van der Waals surface area contributed by atoms with Crippen LogP contribution in [0.2, 0.25) is 0 Å². The van der Waals surface area contributed by atoms with E-state index in [0.29, 0.717) is 11.5 Å². The summed E-state index contributed by atoms with van der Waals surface area (Å²) in [6, 6.07) is 26.9. The van der Waals surface area contributed by atoms with Crippen molar-refractivity contribution in [3.63, 3.8) is 0 Å². The fourth-order valence-electron chi connectivity index (χ4n) is 3.43. The number of nitrogens with one attached hydrogen (secondary N) is 2. The summed E-state index contributed by atoms with van der Waals surface area (Å²) in [5, 5.41) is 10.3. The maximum absolute atomic E-state index is 12.5. The molecule has 34 heavy (non-hydrogen) atoms. The van der Waals surface area contributed by atoms with Crippen molar-refractivity contribution in [2.75, 3.05) is 22.1 Å². The zero-order chi connectivity index (χ0) is 23.9. The Kier molecular flexibility index (Phi) is 8.08. The van der Waals surface area contributed by atoms with Crippen molar-refractivity contribution >= 4 is 66.3 Å². The molecule has 0 heterocycles. The molecule has 0 saturated heterocycles. The second-order valence-electron chi connectivity index (χ2n) is 8.07. The molecular weight excluding hydrogens is 464 g/mol. The number of benzene rings is 4. The van der Waals surface area contributed by atoms with Crippen molar-refractivity contribution < 1.29 is 21.1 Å². The molecule has 8 N–H and O–H groups in total. The van der Waals surface area contributed by atoms with Crippen LogP contribution in [0.5, 0.6) is 0 Å². The summed E-state index contributed by atoms with van der Waals surface area (Å²) in [6.07, 6.45) is 0. The number of hydrogen-bond acceptors (Lipinski definition) is 4. The Hall–Kier alpha value is -3.04. The first-order chi connectivity index (χ1) is 16.5. The summed E-state index contributed by atoms with van der Waals surface area (Å²) in [5.41, 5.74) is 9.50. The maximum atomic E-state index is 12.5. The third-order valence-corrected chi connectivity index (χ3v) is 7.96. The third-order valence-electron chi connectivity index (χ3n) is 5.40. The van der Waals surface area contributed by atoms with Crippen LogP contribution in [0, 0.1) is 0 Å². The van der Waals surface area contributed by atoms with Gasteiger partial charge in [-0.25, -0.2) is 0 Å². The van der Waals surface area contributed by atoms with E-state index in [2.05, 4.69) is 22.1 Å². The molecule has 0 aliphatic rings. The van der Waals surface area contributed by atoms with Crippen molar-refractivity contribution in [3.05, 3.63) is 84.9 Å². The second kappa shape index (κ2) is 11.4. The second-order valence-corrected chi connectivity index (χ2v) is 10.6. The van der Waals surface area contributed by atoms with Crippen LogP contribution in [0.3, 0.4) is 0 Å². The van der Waals surface area contributed by atoms with E-state index in [1.807, 2.05) is 84.9 Å². The SMILES string of the molecule is [NH3+][C@H](CSSC[C@H]([NH3+])C(=O)Nc1ccc2ccccc2c1)C(=O)Nc1ccc2ccccc2c1. The molecule has 0 aliphatic carbocycles. The van der Waals surface area contributed by atoms with E-state index in [0.717, 1.165) is 32.9 Å². The van der Waals surface area contributed by atoms with Crippen LogP contribution in [0.4, 0.5) is 11.4 Å². The molecule has 6 nitrogen and oxygen atoms in total. The van der Waals surface area contributed by atoms with Gasteiger partial charge in [0.25, 0.3) is 11.8 Å². The van der Waals surface area contributed by atoms with Gasteiger partial charge in [0, 0.05) is 11.4 Å². The maximum Gasteiger partial charge on any atom is 0.283 e. The van der Waals surface area contributed by atoms with Crippen LogP contribution in [0.25, 0.3) is 21.5 Å². The number of fused-ring (bicyclic) bond motifs is 2. The first kappa shape index (κ1) is 24.1. The highest BCUT2D eigenvalue weighted by Gasteiger charge is 2.21. The van der Waals surface area contributed by atoms with Gasteiger partial charge in [-0.15, -0.1) is 0 Å². The van der Waals surface area contributed by atoms with Gasteiger partial charge in [0.05, 0.1) is 11.5 Å². The number of amides is 2. The van der Waals surface area contributed by atoms with E-state index < -0.39 is 12.1 Å². The summed E-state index contributed by atoms with van der Waals surface area (Å²) in [7, 11) is 3.06. The molecule has 0 aromatic heterocycles. The Bertz CT molecular complexity index is 1210. The minimum atomic E-state index is -0.404. The van der Waals surface area contributed by atoms with Gasteiger partial charge in [0.2, 0.25) is 0 Å². The van der Waals surface area contributed by atoms with Gasteiger partial charge < -0.3 is 22.1 Å². The number of rotatable bonds is 9. The molecule has 0 aliphatic heterocycles. The van der Waals surface area contributed by atoms with Crippen molar-refractivity contribution in [1.82, 2.24) is 0 Å². The fourth-order valence-corrected chi connectivity index (χ4v) is 5.82. The van der Waals surface area contributed by atoms with E-state index >= 15 is 0 Å². The monoisotopic (exact) mass is 492 g/mol. The van der Waals surface area contributed by atoms with Crippen molar-refractivity contribution in [2.24, 2.45) is 0 Å². The highest BCUT2D eigenvalue weighted by Crippen LogP contribution is 2.24. The molecule has 4 aromatic rings. The first-order valence-corrected chi connectivity index (χ1v) is 13.5. The number of carbonyl (C=O) groups excluding carboxylic acids is 2. The molecule has 0 unspecified atom stereocenters. The lowest BCUT2D eigenvalue weighted by Gasteiger charge is -2.12. The van der Waals surface area contributed by atoms with Gasteiger partial charge in [-0.1, -0.05) is 82.3 Å². The third kappa shape index (κ3) is 6.30.